The zero-order valence-electron chi connectivity index (χ0n) is 15.6. The first-order chi connectivity index (χ1) is 13.9. The van der Waals surface area contributed by atoms with Crippen molar-refractivity contribution >= 4 is 34.9 Å². The molecule has 0 aliphatic heterocycles. The lowest BCUT2D eigenvalue weighted by molar-refractivity contribution is -0.119. The Morgan fingerprint density at radius 2 is 1.48 bits per heavy atom. The van der Waals surface area contributed by atoms with Gasteiger partial charge < -0.3 is 10.1 Å². The molecule has 0 atom stereocenters. The van der Waals surface area contributed by atoms with Crippen molar-refractivity contribution in [1.29, 1.82) is 0 Å². The van der Waals surface area contributed by atoms with E-state index in [4.69, 9.17) is 16.3 Å². The van der Waals surface area contributed by atoms with E-state index in [0.29, 0.717) is 21.8 Å². The third kappa shape index (κ3) is 5.30. The summed E-state index contributed by atoms with van der Waals surface area (Å²) in [6, 6.07) is 20.0. The highest BCUT2D eigenvalue weighted by atomic mass is 35.5. The predicted octanol–water partition coefficient (Wildman–Crippen LogP) is 4.67. The molecule has 0 saturated carbocycles. The van der Waals surface area contributed by atoms with Gasteiger partial charge in [-0.1, -0.05) is 54.1 Å². The van der Waals surface area contributed by atoms with E-state index >= 15 is 0 Å². The molecule has 0 unspecified atom stereocenters. The number of benzene rings is 3. The minimum absolute atomic E-state index is 0.136. The van der Waals surface area contributed by atoms with Crippen LogP contribution in [0.15, 0.2) is 72.8 Å². The Labute approximate surface area is 173 Å². The number of hydrogen-bond acceptors (Lipinski definition) is 4. The second-order valence-electron chi connectivity index (χ2n) is 6.36. The van der Waals surface area contributed by atoms with Gasteiger partial charge in [0.25, 0.3) is 5.91 Å². The van der Waals surface area contributed by atoms with Crippen molar-refractivity contribution in [2.24, 2.45) is 0 Å². The summed E-state index contributed by atoms with van der Waals surface area (Å²) >= 11 is 5.89. The van der Waals surface area contributed by atoms with Crippen molar-refractivity contribution < 1.29 is 19.1 Å². The molecule has 3 aromatic carbocycles. The van der Waals surface area contributed by atoms with Gasteiger partial charge in [0.1, 0.15) is 0 Å². The van der Waals surface area contributed by atoms with Crippen molar-refractivity contribution in [3.05, 3.63) is 100 Å². The van der Waals surface area contributed by atoms with E-state index in [1.165, 1.54) is 12.1 Å². The van der Waals surface area contributed by atoms with Crippen LogP contribution in [-0.4, -0.2) is 24.3 Å². The topological polar surface area (TPSA) is 72.5 Å². The fraction of sp³-hybridized carbons (Fsp3) is 0.0870. The SMILES string of the molecule is Cc1cc(Cl)ccc1NC(=O)COC(=O)c1ccc(C(=O)c2ccccc2)cc1. The molecular weight excluding hydrogens is 390 g/mol. The zero-order chi connectivity index (χ0) is 20.8. The Kier molecular flexibility index (Phi) is 6.42. The van der Waals surface area contributed by atoms with Gasteiger partial charge in [-0.2, -0.15) is 0 Å². The molecule has 0 aliphatic rings. The molecule has 3 rings (SSSR count). The van der Waals surface area contributed by atoms with Crippen LogP contribution in [0.5, 0.6) is 0 Å². The number of ketones is 1. The molecule has 0 aliphatic carbocycles. The van der Waals surface area contributed by atoms with Crippen LogP contribution in [-0.2, 0) is 9.53 Å². The molecule has 0 heterocycles. The summed E-state index contributed by atoms with van der Waals surface area (Å²) in [4.78, 5) is 36.6. The summed E-state index contributed by atoms with van der Waals surface area (Å²) in [5, 5.41) is 3.24. The van der Waals surface area contributed by atoms with Gasteiger partial charge in [-0.25, -0.2) is 4.79 Å². The summed E-state index contributed by atoms with van der Waals surface area (Å²) in [7, 11) is 0. The number of nitrogens with one attached hydrogen (secondary N) is 1. The number of aryl methyl sites for hydroxylation is 1. The van der Waals surface area contributed by atoms with Crippen LogP contribution in [0.4, 0.5) is 5.69 Å². The number of hydrogen-bond donors (Lipinski definition) is 1. The molecule has 29 heavy (non-hydrogen) atoms. The van der Waals surface area contributed by atoms with Crippen molar-refractivity contribution in [3.63, 3.8) is 0 Å². The van der Waals surface area contributed by atoms with E-state index in [0.717, 1.165) is 5.56 Å². The highest BCUT2D eigenvalue weighted by molar-refractivity contribution is 6.30. The first-order valence-electron chi connectivity index (χ1n) is 8.87. The molecule has 0 aromatic heterocycles. The number of esters is 1. The number of ether oxygens (including phenoxy) is 1. The van der Waals surface area contributed by atoms with E-state index in [-0.39, 0.29) is 11.3 Å². The maximum absolute atomic E-state index is 12.4. The number of carbonyl (C=O) groups excluding carboxylic acids is 3. The summed E-state index contributed by atoms with van der Waals surface area (Å²) in [6.45, 7) is 1.39. The Hall–Kier alpha value is -3.44. The lowest BCUT2D eigenvalue weighted by Gasteiger charge is -2.09. The van der Waals surface area contributed by atoms with Gasteiger partial charge in [0.05, 0.1) is 5.56 Å². The van der Waals surface area contributed by atoms with Crippen LogP contribution in [0.2, 0.25) is 5.02 Å². The van der Waals surface area contributed by atoms with Crippen molar-refractivity contribution in [2.75, 3.05) is 11.9 Å². The van der Waals surface area contributed by atoms with Crippen LogP contribution in [0.25, 0.3) is 0 Å². The number of rotatable bonds is 6. The molecule has 0 radical (unpaired) electrons. The van der Waals surface area contributed by atoms with Crippen LogP contribution in [0.3, 0.4) is 0 Å². The molecular formula is C23H18ClNO4. The first kappa shape index (κ1) is 20.3. The van der Waals surface area contributed by atoms with Gasteiger partial charge in [0.2, 0.25) is 0 Å². The molecule has 6 heteroatoms. The summed E-state index contributed by atoms with van der Waals surface area (Å²) in [5.41, 5.74) is 2.68. The fourth-order valence-corrected chi connectivity index (χ4v) is 2.91. The molecule has 1 amide bonds. The molecule has 0 spiro atoms. The van der Waals surface area contributed by atoms with Gasteiger partial charge in [-0.15, -0.1) is 0 Å². The maximum atomic E-state index is 12.4. The van der Waals surface area contributed by atoms with E-state index in [1.807, 2.05) is 13.0 Å². The van der Waals surface area contributed by atoms with Crippen LogP contribution >= 0.6 is 11.6 Å². The van der Waals surface area contributed by atoms with Gasteiger partial charge in [-0.05, 0) is 42.8 Å². The Bertz CT molecular complexity index is 1050. The lowest BCUT2D eigenvalue weighted by Crippen LogP contribution is -2.21. The van der Waals surface area contributed by atoms with E-state index < -0.39 is 18.5 Å². The van der Waals surface area contributed by atoms with Gasteiger partial charge >= 0.3 is 5.97 Å². The second kappa shape index (κ2) is 9.17. The summed E-state index contributed by atoms with van der Waals surface area (Å²) < 4.78 is 5.05. The summed E-state index contributed by atoms with van der Waals surface area (Å²) in [6.07, 6.45) is 0. The first-order valence-corrected chi connectivity index (χ1v) is 9.25. The average molecular weight is 408 g/mol. The molecule has 0 fully saturated rings. The number of amides is 1. The Morgan fingerprint density at radius 3 is 2.14 bits per heavy atom. The molecule has 3 aromatic rings. The molecule has 0 saturated heterocycles. The number of carbonyl (C=O) groups is 3. The van der Waals surface area contributed by atoms with Crippen molar-refractivity contribution in [1.82, 2.24) is 0 Å². The van der Waals surface area contributed by atoms with Crippen molar-refractivity contribution in [2.45, 2.75) is 6.92 Å². The van der Waals surface area contributed by atoms with Gasteiger partial charge in [-0.3, -0.25) is 9.59 Å². The number of anilines is 1. The fourth-order valence-electron chi connectivity index (χ4n) is 2.68. The Morgan fingerprint density at radius 1 is 0.862 bits per heavy atom. The third-order valence-electron chi connectivity index (χ3n) is 4.22. The third-order valence-corrected chi connectivity index (χ3v) is 4.45. The molecule has 1 N–H and O–H groups in total. The van der Waals surface area contributed by atoms with E-state index in [9.17, 15) is 14.4 Å². The highest BCUT2D eigenvalue weighted by Crippen LogP contribution is 2.19. The van der Waals surface area contributed by atoms with Crippen LogP contribution in [0.1, 0.15) is 31.8 Å². The van der Waals surface area contributed by atoms with Crippen molar-refractivity contribution in [3.8, 4) is 0 Å². The molecule has 0 bridgehead atoms. The lowest BCUT2D eigenvalue weighted by atomic mass is 10.0. The minimum Gasteiger partial charge on any atom is -0.452 e. The van der Waals surface area contributed by atoms with Crippen LogP contribution in [0, 0.1) is 6.92 Å². The molecule has 5 nitrogen and oxygen atoms in total. The normalized spacial score (nSPS) is 10.3. The van der Waals surface area contributed by atoms with Crippen LogP contribution < -0.4 is 5.32 Å². The van der Waals surface area contributed by atoms with Gasteiger partial charge in [0, 0.05) is 21.8 Å². The maximum Gasteiger partial charge on any atom is 0.338 e. The predicted molar refractivity (Wildman–Crippen MR) is 111 cm³/mol. The minimum atomic E-state index is -0.647. The Balaban J connectivity index is 1.56. The largest absolute Gasteiger partial charge is 0.452 e. The zero-order valence-corrected chi connectivity index (χ0v) is 16.4. The number of halogens is 1. The quantitative estimate of drug-likeness (QED) is 0.476. The second-order valence-corrected chi connectivity index (χ2v) is 6.79. The summed E-state index contributed by atoms with van der Waals surface area (Å²) in [5.74, 6) is -1.24. The highest BCUT2D eigenvalue weighted by Gasteiger charge is 2.13. The van der Waals surface area contributed by atoms with E-state index in [2.05, 4.69) is 5.32 Å². The molecule has 146 valence electrons. The standard InChI is InChI=1S/C23H18ClNO4/c1-15-13-19(24)11-12-20(15)25-21(26)14-29-23(28)18-9-7-17(8-10-18)22(27)16-5-3-2-4-6-16/h2-13H,14H2,1H3,(H,25,26). The smallest absolute Gasteiger partial charge is 0.338 e. The average Bonchev–Trinajstić information content (AvgIpc) is 2.74. The van der Waals surface area contributed by atoms with E-state index in [1.54, 1.807) is 54.6 Å². The van der Waals surface area contributed by atoms with Gasteiger partial charge in [0.15, 0.2) is 12.4 Å². The monoisotopic (exact) mass is 407 g/mol.